The fourth-order valence-corrected chi connectivity index (χ4v) is 7.28. The fourth-order valence-electron chi connectivity index (χ4n) is 6.13. The van der Waals surface area contributed by atoms with Crippen LogP contribution >= 0.6 is 11.3 Å². The highest BCUT2D eigenvalue weighted by Gasteiger charge is 2.17. The van der Waals surface area contributed by atoms with Gasteiger partial charge in [-0.1, -0.05) is 121 Å². The van der Waals surface area contributed by atoms with Crippen molar-refractivity contribution >= 4 is 53.3 Å². The highest BCUT2D eigenvalue weighted by molar-refractivity contribution is 7.26. The molecule has 0 atom stereocenters. The maximum atomic E-state index is 5.12. The first kappa shape index (κ1) is 25.7. The van der Waals surface area contributed by atoms with Gasteiger partial charge >= 0.3 is 0 Å². The maximum Gasteiger partial charge on any atom is 0.160 e. The average molecular weight is 593 g/mol. The Morgan fingerprint density at radius 1 is 0.378 bits per heavy atom. The van der Waals surface area contributed by atoms with E-state index in [9.17, 15) is 0 Å². The van der Waals surface area contributed by atoms with Crippen LogP contribution in [0.15, 0.2) is 146 Å². The van der Waals surface area contributed by atoms with Crippen LogP contribution in [0.3, 0.4) is 0 Å². The lowest BCUT2D eigenvalue weighted by Gasteiger charge is -2.11. The number of para-hydroxylation sites is 1. The van der Waals surface area contributed by atoms with Gasteiger partial charge in [0.1, 0.15) is 0 Å². The van der Waals surface area contributed by atoms with Crippen LogP contribution < -0.4 is 0 Å². The molecule has 0 spiro atoms. The zero-order valence-electron chi connectivity index (χ0n) is 24.1. The van der Waals surface area contributed by atoms with Crippen LogP contribution in [0.5, 0.6) is 0 Å². The summed E-state index contributed by atoms with van der Waals surface area (Å²) in [5.41, 5.74) is 8.64. The van der Waals surface area contributed by atoms with Crippen LogP contribution in [-0.2, 0) is 0 Å². The first-order chi connectivity index (χ1) is 22.3. The molecule has 9 rings (SSSR count). The minimum absolute atomic E-state index is 0.732. The minimum atomic E-state index is 0.732. The average Bonchev–Trinajstić information content (AvgIpc) is 3.50. The highest BCUT2D eigenvalue weighted by Crippen LogP contribution is 2.40. The summed E-state index contributed by atoms with van der Waals surface area (Å²) in [6.45, 7) is 0. The zero-order chi connectivity index (χ0) is 29.7. The van der Waals surface area contributed by atoms with Crippen molar-refractivity contribution in [2.75, 3.05) is 0 Å². The molecule has 0 aliphatic carbocycles. The molecule has 0 fully saturated rings. The third-order valence-corrected chi connectivity index (χ3v) is 9.47. The van der Waals surface area contributed by atoms with Gasteiger partial charge in [-0.2, -0.15) is 0 Å². The predicted molar refractivity (Wildman–Crippen MR) is 187 cm³/mol. The molecule has 210 valence electrons. The van der Waals surface area contributed by atoms with Crippen molar-refractivity contribution in [3.8, 4) is 45.3 Å². The molecule has 0 bridgehead atoms. The summed E-state index contributed by atoms with van der Waals surface area (Å²) >= 11 is 1.74. The molecule has 4 nitrogen and oxygen atoms in total. The molecule has 0 radical (unpaired) electrons. The van der Waals surface area contributed by atoms with Gasteiger partial charge in [0.2, 0.25) is 0 Å². The highest BCUT2D eigenvalue weighted by atomic mass is 32.1. The second kappa shape index (κ2) is 10.4. The van der Waals surface area contributed by atoms with Crippen molar-refractivity contribution in [3.05, 3.63) is 146 Å². The summed E-state index contributed by atoms with van der Waals surface area (Å²) in [5.74, 6) is 0.732. The zero-order valence-corrected chi connectivity index (χ0v) is 24.9. The van der Waals surface area contributed by atoms with Gasteiger partial charge in [0.15, 0.2) is 5.82 Å². The van der Waals surface area contributed by atoms with Crippen molar-refractivity contribution in [2.45, 2.75) is 0 Å². The van der Waals surface area contributed by atoms with Crippen LogP contribution in [0.4, 0.5) is 0 Å². The van der Waals surface area contributed by atoms with Crippen LogP contribution in [0.2, 0.25) is 0 Å². The lowest BCUT2D eigenvalue weighted by atomic mass is 10.0. The topological polar surface area (TPSA) is 51.6 Å². The van der Waals surface area contributed by atoms with Crippen molar-refractivity contribution in [1.29, 1.82) is 0 Å². The second-order valence-electron chi connectivity index (χ2n) is 11.0. The molecular weight excluding hydrogens is 569 g/mol. The second-order valence-corrected chi connectivity index (χ2v) is 12.1. The van der Waals surface area contributed by atoms with Gasteiger partial charge in [-0.25, -0.2) is 19.9 Å². The van der Waals surface area contributed by atoms with E-state index in [-0.39, 0.29) is 0 Å². The monoisotopic (exact) mass is 592 g/mol. The molecule has 4 aromatic heterocycles. The lowest BCUT2D eigenvalue weighted by molar-refractivity contribution is 1.24. The Bertz CT molecular complexity index is 2540. The third-order valence-electron chi connectivity index (χ3n) is 8.31. The van der Waals surface area contributed by atoms with Crippen LogP contribution in [0.25, 0.3) is 87.3 Å². The summed E-state index contributed by atoms with van der Waals surface area (Å²) in [4.78, 5) is 20.4. The van der Waals surface area contributed by atoms with Crippen LogP contribution in [-0.4, -0.2) is 19.9 Å². The van der Waals surface area contributed by atoms with E-state index in [1.165, 1.54) is 10.1 Å². The summed E-state index contributed by atoms with van der Waals surface area (Å²) in [7, 11) is 0. The van der Waals surface area contributed by atoms with E-state index >= 15 is 0 Å². The molecular formula is C40H24N4S. The number of hydrogen-bond acceptors (Lipinski definition) is 5. The van der Waals surface area contributed by atoms with Gasteiger partial charge in [0, 0.05) is 37.5 Å². The van der Waals surface area contributed by atoms with E-state index in [0.717, 1.165) is 77.2 Å². The van der Waals surface area contributed by atoms with E-state index in [1.807, 2.05) is 30.3 Å². The smallest absolute Gasteiger partial charge is 0.160 e. The number of thiophene rings is 1. The molecule has 0 unspecified atom stereocenters. The Labute approximate surface area is 263 Å². The first-order valence-corrected chi connectivity index (χ1v) is 15.7. The molecule has 0 aliphatic rings. The van der Waals surface area contributed by atoms with Crippen molar-refractivity contribution in [2.24, 2.45) is 0 Å². The number of fused-ring (bicyclic) bond motifs is 6. The first-order valence-electron chi connectivity index (χ1n) is 14.9. The van der Waals surface area contributed by atoms with Crippen molar-refractivity contribution in [1.82, 2.24) is 19.9 Å². The van der Waals surface area contributed by atoms with Crippen molar-refractivity contribution < 1.29 is 0 Å². The Morgan fingerprint density at radius 3 is 1.89 bits per heavy atom. The van der Waals surface area contributed by atoms with Crippen molar-refractivity contribution in [3.63, 3.8) is 0 Å². The Balaban J connectivity index is 1.15. The summed E-state index contributed by atoms with van der Waals surface area (Å²) in [6, 6.07) is 50.1. The largest absolute Gasteiger partial charge is 0.246 e. The molecule has 0 amide bonds. The quantitative estimate of drug-likeness (QED) is 0.191. The normalized spacial score (nSPS) is 11.6. The Morgan fingerprint density at radius 2 is 1.04 bits per heavy atom. The van der Waals surface area contributed by atoms with Crippen LogP contribution in [0.1, 0.15) is 0 Å². The van der Waals surface area contributed by atoms with E-state index < -0.39 is 0 Å². The van der Waals surface area contributed by atoms with Crippen LogP contribution in [0, 0.1) is 0 Å². The molecule has 45 heavy (non-hydrogen) atoms. The molecule has 0 saturated carbocycles. The number of hydrogen-bond donors (Lipinski definition) is 0. The van der Waals surface area contributed by atoms with Gasteiger partial charge < -0.3 is 0 Å². The molecule has 5 aromatic carbocycles. The number of rotatable bonds is 4. The summed E-state index contributed by atoms with van der Waals surface area (Å²) < 4.78 is 2.30. The fraction of sp³-hybridized carbons (Fsp3) is 0. The number of benzene rings is 5. The molecule has 0 saturated heterocycles. The summed E-state index contributed by atoms with van der Waals surface area (Å²) in [6.07, 6.45) is 0. The van der Waals surface area contributed by atoms with E-state index in [4.69, 9.17) is 19.9 Å². The predicted octanol–water partition coefficient (Wildman–Crippen LogP) is 10.6. The number of nitrogens with zero attached hydrogens (tertiary/aromatic N) is 4. The minimum Gasteiger partial charge on any atom is -0.246 e. The number of pyridine rings is 2. The molecule has 4 heterocycles. The van der Waals surface area contributed by atoms with Gasteiger partial charge in [-0.15, -0.1) is 11.3 Å². The van der Waals surface area contributed by atoms with E-state index in [2.05, 4.69) is 115 Å². The Hall–Kier alpha value is -5.78. The Kier molecular flexibility index (Phi) is 5.96. The summed E-state index contributed by atoms with van der Waals surface area (Å²) in [5, 5.41) is 4.59. The molecule has 5 heteroatoms. The molecule has 0 N–H and O–H groups in total. The standard InChI is InChI=1S/C40H24N4S/c1-2-11-27(12-3-1)40-43-36(39-38(44-40)31-16-7-9-20-35(31)45-39)26-23-21-25(22-24-26)32-18-10-19-34(41-32)37-30-15-5-4-13-28(30)29-14-6-8-17-33(29)42-37/h1-24H. The van der Waals surface area contributed by atoms with Gasteiger partial charge in [0.25, 0.3) is 0 Å². The maximum absolute atomic E-state index is 5.12. The van der Waals surface area contributed by atoms with Gasteiger partial charge in [0.05, 0.1) is 38.5 Å². The van der Waals surface area contributed by atoms with E-state index in [1.54, 1.807) is 11.3 Å². The molecule has 9 aromatic rings. The lowest BCUT2D eigenvalue weighted by Crippen LogP contribution is -1.94. The SMILES string of the molecule is c1ccc(-c2nc(-c3ccc(-c4cccc(-c5nc6ccccc6c6ccccc56)n4)cc3)c3sc4ccccc4c3n2)cc1. The number of aromatic nitrogens is 4. The third kappa shape index (κ3) is 4.36. The molecule has 0 aliphatic heterocycles. The van der Waals surface area contributed by atoms with Gasteiger partial charge in [-0.05, 0) is 29.7 Å². The van der Waals surface area contributed by atoms with Gasteiger partial charge in [-0.3, -0.25) is 0 Å². The van der Waals surface area contributed by atoms with E-state index in [0.29, 0.717) is 0 Å².